The first-order valence-electron chi connectivity index (χ1n) is 15.0. The number of amides is 2. The summed E-state index contributed by atoms with van der Waals surface area (Å²) in [6.07, 6.45) is 1.16. The van der Waals surface area contributed by atoms with Gasteiger partial charge in [0, 0.05) is 22.7 Å². The fourth-order valence-corrected chi connectivity index (χ4v) is 6.07. The second-order valence-electron chi connectivity index (χ2n) is 11.8. The molecule has 5 unspecified atom stereocenters. The lowest BCUT2D eigenvalue weighted by Crippen LogP contribution is -2.45. The topological polar surface area (TPSA) is 128 Å². The molecule has 2 aliphatic carbocycles. The van der Waals surface area contributed by atoms with Crippen LogP contribution in [-0.4, -0.2) is 63.8 Å². The highest BCUT2D eigenvalue weighted by atomic mass is 16.6. The van der Waals surface area contributed by atoms with Crippen molar-refractivity contribution in [3.05, 3.63) is 60.3 Å². The molecule has 1 N–H and O–H groups in total. The van der Waals surface area contributed by atoms with Gasteiger partial charge in [0.1, 0.15) is 17.6 Å². The van der Waals surface area contributed by atoms with Crippen LogP contribution in [0.4, 0.5) is 4.79 Å². The number of rotatable bonds is 10. The highest BCUT2D eigenvalue weighted by Gasteiger charge is 2.52. The Morgan fingerprint density at radius 3 is 2.45 bits per heavy atom. The number of carbonyl (C=O) groups is 3. The second kappa shape index (κ2) is 12.6. The van der Waals surface area contributed by atoms with Gasteiger partial charge in [0.2, 0.25) is 5.91 Å². The largest absolute Gasteiger partial charge is 0.496 e. The number of nitrogens with zero attached hydrogens (tertiary/aromatic N) is 3. The monoisotopic (exact) mass is 601 g/mol. The summed E-state index contributed by atoms with van der Waals surface area (Å²) in [5, 5.41) is 10.9. The number of carboxylic acids is 1. The van der Waals surface area contributed by atoms with Gasteiger partial charge in [-0.1, -0.05) is 26.0 Å². The van der Waals surface area contributed by atoms with E-state index in [4.69, 9.17) is 24.2 Å². The normalized spacial score (nSPS) is 22.5. The van der Waals surface area contributed by atoms with Crippen LogP contribution in [0.1, 0.15) is 57.2 Å². The van der Waals surface area contributed by atoms with Crippen LogP contribution in [0.3, 0.4) is 0 Å². The summed E-state index contributed by atoms with van der Waals surface area (Å²) in [5.74, 6) is -2.27. The number of hydrogen-bond donors (Lipinski definition) is 1. The van der Waals surface area contributed by atoms with E-state index in [-0.39, 0.29) is 37.3 Å². The fourth-order valence-electron chi connectivity index (χ4n) is 6.07. The molecule has 0 radical (unpaired) electrons. The van der Waals surface area contributed by atoms with Crippen LogP contribution < -0.4 is 9.47 Å². The number of aliphatic carboxylic acids is 1. The number of imide groups is 1. The van der Waals surface area contributed by atoms with E-state index in [1.54, 1.807) is 20.1 Å². The first-order chi connectivity index (χ1) is 21.1. The molecule has 44 heavy (non-hydrogen) atoms. The Kier molecular flexibility index (Phi) is 8.90. The lowest BCUT2D eigenvalue weighted by molar-refractivity contribution is -0.148. The SMILES string of the molecule is C=CC1CC1N(C(=O)OCC)C(=O)C1CC(Oc2cc(-c3cccc(C(C)C)n3)nc3c(C)c(OC)ccc23)CC1C(=O)O. The van der Waals surface area contributed by atoms with Gasteiger partial charge in [-0.2, -0.15) is 0 Å². The smallest absolute Gasteiger partial charge is 0.416 e. The van der Waals surface area contributed by atoms with E-state index in [2.05, 4.69) is 20.4 Å². The Bertz CT molecular complexity index is 1600. The number of fused-ring (bicyclic) bond motifs is 1. The number of ether oxygens (including phenoxy) is 3. The van der Waals surface area contributed by atoms with Gasteiger partial charge in [-0.3, -0.25) is 14.6 Å². The van der Waals surface area contributed by atoms with Crippen molar-refractivity contribution in [1.29, 1.82) is 0 Å². The minimum Gasteiger partial charge on any atom is -0.496 e. The minimum atomic E-state index is -1.11. The van der Waals surface area contributed by atoms with Crippen molar-refractivity contribution in [3.63, 3.8) is 0 Å². The molecule has 10 heteroatoms. The van der Waals surface area contributed by atoms with Gasteiger partial charge in [0.15, 0.2) is 0 Å². The van der Waals surface area contributed by atoms with E-state index in [9.17, 15) is 19.5 Å². The molecule has 1 aromatic carbocycles. The molecular weight excluding hydrogens is 562 g/mol. The highest BCUT2D eigenvalue weighted by Crippen LogP contribution is 2.43. The van der Waals surface area contributed by atoms with Crippen LogP contribution >= 0.6 is 0 Å². The van der Waals surface area contributed by atoms with Crippen LogP contribution in [0.2, 0.25) is 0 Å². The Morgan fingerprint density at radius 1 is 1.07 bits per heavy atom. The zero-order valence-electron chi connectivity index (χ0n) is 25.8. The van der Waals surface area contributed by atoms with Gasteiger partial charge in [-0.05, 0) is 69.2 Å². The Hall–Kier alpha value is -4.47. The molecule has 232 valence electrons. The number of methoxy groups -OCH3 is 1. The molecule has 2 saturated carbocycles. The van der Waals surface area contributed by atoms with E-state index < -0.39 is 35.9 Å². The molecule has 2 fully saturated rings. The molecule has 2 amide bonds. The van der Waals surface area contributed by atoms with Gasteiger partial charge >= 0.3 is 12.1 Å². The summed E-state index contributed by atoms with van der Waals surface area (Å²) in [6, 6.07) is 10.9. The van der Waals surface area contributed by atoms with E-state index in [0.717, 1.165) is 21.5 Å². The number of carbonyl (C=O) groups excluding carboxylic acids is 2. The maximum atomic E-state index is 13.8. The van der Waals surface area contributed by atoms with Crippen molar-refractivity contribution in [3.8, 4) is 22.9 Å². The number of benzene rings is 1. The molecule has 3 aromatic rings. The number of aryl methyl sites for hydroxylation is 1. The van der Waals surface area contributed by atoms with Crippen molar-refractivity contribution in [1.82, 2.24) is 14.9 Å². The Morgan fingerprint density at radius 2 is 1.82 bits per heavy atom. The number of carboxylic acid groups (broad SMARTS) is 1. The first-order valence-corrected chi connectivity index (χ1v) is 15.0. The molecule has 0 saturated heterocycles. The maximum absolute atomic E-state index is 13.8. The molecule has 10 nitrogen and oxygen atoms in total. The van der Waals surface area contributed by atoms with Crippen LogP contribution in [0.15, 0.2) is 49.1 Å². The van der Waals surface area contributed by atoms with Crippen LogP contribution in [0.5, 0.6) is 11.5 Å². The van der Waals surface area contributed by atoms with Gasteiger partial charge in [-0.15, -0.1) is 6.58 Å². The summed E-state index contributed by atoms with van der Waals surface area (Å²) in [6.45, 7) is 11.6. The quantitative estimate of drug-likeness (QED) is 0.272. The molecule has 2 heterocycles. The second-order valence-corrected chi connectivity index (χ2v) is 11.8. The third-order valence-corrected chi connectivity index (χ3v) is 8.58. The number of hydrogen-bond acceptors (Lipinski definition) is 8. The van der Waals surface area contributed by atoms with Crippen LogP contribution in [0, 0.1) is 24.7 Å². The van der Waals surface area contributed by atoms with E-state index >= 15 is 0 Å². The van der Waals surface area contributed by atoms with E-state index in [1.807, 2.05) is 43.3 Å². The van der Waals surface area contributed by atoms with Gasteiger partial charge in [0.05, 0.1) is 48.5 Å². The van der Waals surface area contributed by atoms with Crippen molar-refractivity contribution in [2.75, 3.05) is 13.7 Å². The lowest BCUT2D eigenvalue weighted by Gasteiger charge is -2.25. The minimum absolute atomic E-state index is 0.0373. The maximum Gasteiger partial charge on any atom is 0.416 e. The third kappa shape index (κ3) is 5.98. The summed E-state index contributed by atoms with van der Waals surface area (Å²) in [5.41, 5.74) is 3.71. The summed E-state index contributed by atoms with van der Waals surface area (Å²) >= 11 is 0. The van der Waals surface area contributed by atoms with Gasteiger partial charge in [0.25, 0.3) is 0 Å². The molecular formula is C34H39N3O7. The zero-order valence-corrected chi connectivity index (χ0v) is 25.8. The standard InChI is InChI=1S/C34H39N3O7/c1-7-20-14-28(20)37(34(41)43-8-2)32(38)23-15-21(16-24(23)33(39)40)44-30-17-27(26-11-9-10-25(35-26)18(3)4)36-31-19(5)29(42-6)13-12-22(30)31/h7,9-13,17-18,20-21,23-24,28H,1,8,14-16H2,2-6H3,(H,39,40). The van der Waals surface area contributed by atoms with Gasteiger partial charge < -0.3 is 19.3 Å². The van der Waals surface area contributed by atoms with Gasteiger partial charge in [-0.25, -0.2) is 14.7 Å². The molecule has 5 atom stereocenters. The Balaban J connectivity index is 1.51. The van der Waals surface area contributed by atoms with Crippen LogP contribution in [-0.2, 0) is 14.3 Å². The number of pyridine rings is 2. The lowest BCUT2D eigenvalue weighted by atomic mass is 9.94. The molecule has 2 aromatic heterocycles. The molecule has 0 spiro atoms. The highest BCUT2D eigenvalue weighted by molar-refractivity contribution is 5.96. The Labute approximate surface area is 257 Å². The van der Waals surface area contributed by atoms with E-state index in [0.29, 0.717) is 34.8 Å². The molecule has 5 rings (SSSR count). The summed E-state index contributed by atoms with van der Waals surface area (Å²) in [4.78, 5) is 49.9. The average Bonchev–Trinajstić information content (AvgIpc) is 3.65. The predicted octanol–water partition coefficient (Wildman–Crippen LogP) is 6.16. The van der Waals surface area contributed by atoms with Crippen molar-refractivity contribution in [2.45, 2.75) is 65.0 Å². The zero-order chi connectivity index (χ0) is 31.7. The third-order valence-electron chi connectivity index (χ3n) is 8.58. The average molecular weight is 602 g/mol. The number of aromatic nitrogens is 2. The predicted molar refractivity (Wildman–Crippen MR) is 165 cm³/mol. The summed E-state index contributed by atoms with van der Waals surface area (Å²) in [7, 11) is 1.60. The van der Waals surface area contributed by atoms with E-state index in [1.165, 1.54) is 0 Å². The molecule has 0 aliphatic heterocycles. The van der Waals surface area contributed by atoms with Crippen molar-refractivity contribution >= 4 is 28.9 Å². The van der Waals surface area contributed by atoms with Crippen molar-refractivity contribution in [2.24, 2.45) is 17.8 Å². The fraction of sp³-hybridized carbons (Fsp3) is 0.441. The van der Waals surface area contributed by atoms with Crippen molar-refractivity contribution < 1.29 is 33.7 Å². The molecule has 0 bridgehead atoms. The first kappa shape index (κ1) is 31.0. The summed E-state index contributed by atoms with van der Waals surface area (Å²) < 4.78 is 17.3. The molecule has 2 aliphatic rings. The van der Waals surface area contributed by atoms with Crippen LogP contribution in [0.25, 0.3) is 22.3 Å².